The second kappa shape index (κ2) is 7.20. The molecule has 1 N–H and O–H groups in total. The van der Waals surface area contributed by atoms with E-state index in [1.165, 1.54) is 5.56 Å². The van der Waals surface area contributed by atoms with E-state index >= 15 is 0 Å². The van der Waals surface area contributed by atoms with Gasteiger partial charge in [0.05, 0.1) is 6.61 Å². The van der Waals surface area contributed by atoms with Crippen LogP contribution in [0.2, 0.25) is 5.02 Å². The molecule has 0 fully saturated rings. The molecule has 3 heteroatoms. The van der Waals surface area contributed by atoms with Gasteiger partial charge in [0.25, 0.3) is 0 Å². The molecule has 0 saturated carbocycles. The molecule has 2 aromatic carbocycles. The van der Waals surface area contributed by atoms with Gasteiger partial charge in [-0.3, -0.25) is 0 Å². The van der Waals surface area contributed by atoms with Crippen LogP contribution >= 0.6 is 11.6 Å². The van der Waals surface area contributed by atoms with E-state index in [1.807, 2.05) is 48.5 Å². The molecule has 0 bridgehead atoms. The van der Waals surface area contributed by atoms with Crippen molar-refractivity contribution in [3.63, 3.8) is 0 Å². The van der Waals surface area contributed by atoms with Crippen LogP contribution in [0.25, 0.3) is 0 Å². The molecular weight excluding hydrogens is 270 g/mol. The Kier molecular flexibility index (Phi) is 5.31. The average molecular weight is 290 g/mol. The van der Waals surface area contributed by atoms with Crippen LogP contribution in [-0.2, 0) is 6.54 Å². The smallest absolute Gasteiger partial charge is 0.121 e. The van der Waals surface area contributed by atoms with Crippen molar-refractivity contribution in [3.05, 3.63) is 59.1 Å². The zero-order valence-corrected chi connectivity index (χ0v) is 12.7. The van der Waals surface area contributed by atoms with Crippen LogP contribution in [-0.4, -0.2) is 6.61 Å². The van der Waals surface area contributed by atoms with Crippen molar-refractivity contribution in [2.75, 3.05) is 11.9 Å². The molecule has 0 aromatic heterocycles. The Hall–Kier alpha value is -1.67. The number of rotatable bonds is 6. The highest BCUT2D eigenvalue weighted by molar-refractivity contribution is 6.30. The topological polar surface area (TPSA) is 21.3 Å². The predicted octanol–water partition coefficient (Wildman–Crippen LogP) is 4.99. The fraction of sp³-hybridized carbons (Fsp3) is 0.294. The minimum atomic E-state index is 0.528. The summed E-state index contributed by atoms with van der Waals surface area (Å²) in [5.41, 5.74) is 2.25. The normalized spacial score (nSPS) is 10.6. The summed E-state index contributed by atoms with van der Waals surface area (Å²) in [6.07, 6.45) is 0. The molecule has 2 aromatic rings. The first-order valence-electron chi connectivity index (χ1n) is 6.84. The summed E-state index contributed by atoms with van der Waals surface area (Å²) in [7, 11) is 0. The Labute approximate surface area is 125 Å². The van der Waals surface area contributed by atoms with Gasteiger partial charge in [0.15, 0.2) is 0 Å². The van der Waals surface area contributed by atoms with E-state index in [2.05, 4.69) is 19.2 Å². The van der Waals surface area contributed by atoms with Gasteiger partial charge < -0.3 is 10.1 Å². The van der Waals surface area contributed by atoms with Gasteiger partial charge in [-0.25, -0.2) is 0 Å². The zero-order valence-electron chi connectivity index (χ0n) is 11.9. The lowest BCUT2D eigenvalue weighted by atomic mass is 10.2. The number of ether oxygens (including phenoxy) is 1. The first kappa shape index (κ1) is 14.7. The van der Waals surface area contributed by atoms with Crippen molar-refractivity contribution in [1.29, 1.82) is 0 Å². The van der Waals surface area contributed by atoms with E-state index in [1.54, 1.807) is 0 Å². The Morgan fingerprint density at radius 2 is 1.85 bits per heavy atom. The van der Waals surface area contributed by atoms with Crippen LogP contribution in [0.3, 0.4) is 0 Å². The molecule has 0 unspecified atom stereocenters. The average Bonchev–Trinajstić information content (AvgIpc) is 2.45. The Bertz CT molecular complexity index is 537. The number of benzene rings is 2. The number of nitrogens with one attached hydrogen (secondary N) is 1. The van der Waals surface area contributed by atoms with Crippen LogP contribution in [0.15, 0.2) is 48.5 Å². The van der Waals surface area contributed by atoms with E-state index in [0.717, 1.165) is 29.6 Å². The second-order valence-electron chi connectivity index (χ2n) is 5.21. The number of hydrogen-bond donors (Lipinski definition) is 1. The van der Waals surface area contributed by atoms with Crippen molar-refractivity contribution in [3.8, 4) is 5.75 Å². The third-order valence-electron chi connectivity index (χ3n) is 2.83. The van der Waals surface area contributed by atoms with Gasteiger partial charge in [-0.05, 0) is 35.7 Å². The van der Waals surface area contributed by atoms with Crippen LogP contribution < -0.4 is 10.1 Å². The molecule has 2 nitrogen and oxygen atoms in total. The van der Waals surface area contributed by atoms with E-state index in [4.69, 9.17) is 16.3 Å². The molecule has 0 aliphatic heterocycles. The van der Waals surface area contributed by atoms with Gasteiger partial charge in [0, 0.05) is 23.3 Å². The monoisotopic (exact) mass is 289 g/mol. The Balaban J connectivity index is 1.92. The minimum absolute atomic E-state index is 0.528. The summed E-state index contributed by atoms with van der Waals surface area (Å²) in [4.78, 5) is 0. The fourth-order valence-electron chi connectivity index (χ4n) is 1.77. The van der Waals surface area contributed by atoms with Crippen molar-refractivity contribution < 1.29 is 4.74 Å². The summed E-state index contributed by atoms with van der Waals surface area (Å²) < 4.78 is 5.72. The van der Waals surface area contributed by atoms with E-state index < -0.39 is 0 Å². The van der Waals surface area contributed by atoms with Gasteiger partial charge in [0.1, 0.15) is 5.75 Å². The molecule has 0 aliphatic carbocycles. The van der Waals surface area contributed by atoms with E-state index in [0.29, 0.717) is 5.92 Å². The summed E-state index contributed by atoms with van der Waals surface area (Å²) in [5, 5.41) is 4.15. The number of hydrogen-bond acceptors (Lipinski definition) is 2. The SMILES string of the molecule is CC(C)COc1cccc(NCc2ccc(Cl)cc2)c1. The van der Waals surface area contributed by atoms with Crippen LogP contribution in [0.1, 0.15) is 19.4 Å². The molecule has 20 heavy (non-hydrogen) atoms. The lowest BCUT2D eigenvalue weighted by Gasteiger charge is -2.11. The molecule has 0 spiro atoms. The van der Waals surface area contributed by atoms with Gasteiger partial charge >= 0.3 is 0 Å². The van der Waals surface area contributed by atoms with Crippen LogP contribution in [0.5, 0.6) is 5.75 Å². The lowest BCUT2D eigenvalue weighted by Crippen LogP contribution is -2.05. The molecule has 0 aliphatic rings. The standard InChI is InChI=1S/C17H20ClNO/c1-13(2)12-20-17-5-3-4-16(10-17)19-11-14-6-8-15(18)9-7-14/h3-10,13,19H,11-12H2,1-2H3. The maximum atomic E-state index is 5.87. The van der Waals surface area contributed by atoms with Crippen LogP contribution in [0.4, 0.5) is 5.69 Å². The van der Waals surface area contributed by atoms with Gasteiger partial charge in [-0.2, -0.15) is 0 Å². The fourth-order valence-corrected chi connectivity index (χ4v) is 1.89. The number of halogens is 1. The molecule has 106 valence electrons. The van der Waals surface area contributed by atoms with Gasteiger partial charge in [-0.1, -0.05) is 43.6 Å². The third kappa shape index (κ3) is 4.78. The molecule has 0 amide bonds. The Morgan fingerprint density at radius 3 is 2.55 bits per heavy atom. The highest BCUT2D eigenvalue weighted by Crippen LogP contribution is 2.19. The predicted molar refractivity (Wildman–Crippen MR) is 85.6 cm³/mol. The van der Waals surface area contributed by atoms with Crippen LogP contribution in [0, 0.1) is 5.92 Å². The summed E-state index contributed by atoms with van der Waals surface area (Å²) >= 11 is 5.87. The Morgan fingerprint density at radius 1 is 1.10 bits per heavy atom. The summed E-state index contributed by atoms with van der Waals surface area (Å²) in [5.74, 6) is 1.43. The van der Waals surface area contributed by atoms with Crippen molar-refractivity contribution >= 4 is 17.3 Å². The van der Waals surface area contributed by atoms with Crippen molar-refractivity contribution in [1.82, 2.24) is 0 Å². The van der Waals surface area contributed by atoms with Crippen molar-refractivity contribution in [2.24, 2.45) is 5.92 Å². The van der Waals surface area contributed by atoms with Gasteiger partial charge in [-0.15, -0.1) is 0 Å². The highest BCUT2D eigenvalue weighted by atomic mass is 35.5. The minimum Gasteiger partial charge on any atom is -0.493 e. The highest BCUT2D eigenvalue weighted by Gasteiger charge is 1.99. The maximum Gasteiger partial charge on any atom is 0.121 e. The molecular formula is C17H20ClNO. The largest absolute Gasteiger partial charge is 0.493 e. The number of anilines is 1. The maximum absolute atomic E-state index is 5.87. The third-order valence-corrected chi connectivity index (χ3v) is 3.08. The molecule has 2 rings (SSSR count). The van der Waals surface area contributed by atoms with E-state index in [9.17, 15) is 0 Å². The van der Waals surface area contributed by atoms with Crippen molar-refractivity contribution in [2.45, 2.75) is 20.4 Å². The molecule has 0 saturated heterocycles. The van der Waals surface area contributed by atoms with E-state index in [-0.39, 0.29) is 0 Å². The molecule has 0 atom stereocenters. The summed E-state index contributed by atoms with van der Waals surface area (Å²) in [6, 6.07) is 15.9. The first-order chi connectivity index (χ1) is 9.63. The second-order valence-corrected chi connectivity index (χ2v) is 5.65. The lowest BCUT2D eigenvalue weighted by molar-refractivity contribution is 0.271. The molecule has 0 radical (unpaired) electrons. The quantitative estimate of drug-likeness (QED) is 0.809. The zero-order chi connectivity index (χ0) is 14.4. The first-order valence-corrected chi connectivity index (χ1v) is 7.22. The van der Waals surface area contributed by atoms with Gasteiger partial charge in [0.2, 0.25) is 0 Å². The summed E-state index contributed by atoms with van der Waals surface area (Å²) in [6.45, 7) is 5.79. The molecule has 0 heterocycles.